The number of carbonyl (C=O) groups is 3. The number of amides is 3. The zero-order chi connectivity index (χ0) is 19.7. The lowest BCUT2D eigenvalue weighted by Crippen LogP contribution is -2.54. The fourth-order valence-electron chi connectivity index (χ4n) is 4.92. The number of carbonyl (C=O) groups excluding carboxylic acids is 3. The zero-order valence-electron chi connectivity index (χ0n) is 15.9. The van der Waals surface area contributed by atoms with Gasteiger partial charge in [-0.25, -0.2) is 0 Å². The molecule has 2 fully saturated rings. The first-order valence-corrected chi connectivity index (χ1v) is 10.3. The monoisotopic (exact) mass is 433 g/mol. The van der Waals surface area contributed by atoms with Crippen LogP contribution in [0.2, 0.25) is 0 Å². The van der Waals surface area contributed by atoms with Crippen LogP contribution >= 0.6 is 15.9 Å². The van der Waals surface area contributed by atoms with Gasteiger partial charge in [-0.1, -0.05) is 36.7 Å². The van der Waals surface area contributed by atoms with Crippen LogP contribution < -0.4 is 10.6 Å². The molecule has 2 N–H and O–H groups in total. The summed E-state index contributed by atoms with van der Waals surface area (Å²) < 4.78 is 0.832. The van der Waals surface area contributed by atoms with E-state index in [4.69, 9.17) is 0 Å². The van der Waals surface area contributed by atoms with E-state index in [2.05, 4.69) is 26.6 Å². The lowest BCUT2D eigenvalue weighted by Gasteiger charge is -2.31. The van der Waals surface area contributed by atoms with Gasteiger partial charge in [0.1, 0.15) is 5.54 Å². The summed E-state index contributed by atoms with van der Waals surface area (Å²) >= 11 is 3.48. The number of benzene rings is 1. The van der Waals surface area contributed by atoms with Crippen molar-refractivity contribution in [1.82, 2.24) is 10.2 Å². The molecule has 1 spiro atoms. The first-order chi connectivity index (χ1) is 12.7. The van der Waals surface area contributed by atoms with Crippen molar-refractivity contribution >= 4 is 39.3 Å². The Labute approximate surface area is 167 Å². The van der Waals surface area contributed by atoms with Gasteiger partial charge in [0.2, 0.25) is 17.7 Å². The summed E-state index contributed by atoms with van der Waals surface area (Å²) in [5, 5.41) is 6.36. The van der Waals surface area contributed by atoms with Gasteiger partial charge in [0.25, 0.3) is 0 Å². The summed E-state index contributed by atoms with van der Waals surface area (Å²) in [5.74, 6) is -1.78. The summed E-state index contributed by atoms with van der Waals surface area (Å²) in [4.78, 5) is 41.3. The molecule has 3 aliphatic rings. The van der Waals surface area contributed by atoms with Crippen LogP contribution in [0.3, 0.4) is 0 Å². The second-order valence-electron chi connectivity index (χ2n) is 8.17. The van der Waals surface area contributed by atoms with E-state index >= 15 is 0 Å². The largest absolute Gasteiger partial charge is 0.324 e. The van der Waals surface area contributed by atoms with Crippen molar-refractivity contribution in [2.24, 2.45) is 17.8 Å². The van der Waals surface area contributed by atoms with Crippen LogP contribution in [0.4, 0.5) is 5.69 Å². The SMILES string of the molecule is CC[C@H](C)N1C(=O)[C@@H]2[C@H](C(C)C)N[C@]3(C(=O)Nc4ccc(Br)cc43)[C@H]2C1=O. The van der Waals surface area contributed by atoms with Crippen LogP contribution in [-0.4, -0.2) is 34.7 Å². The lowest BCUT2D eigenvalue weighted by atomic mass is 9.76. The number of anilines is 1. The van der Waals surface area contributed by atoms with E-state index in [1.807, 2.05) is 45.9 Å². The molecule has 3 heterocycles. The normalized spacial score (nSPS) is 33.0. The van der Waals surface area contributed by atoms with Crippen LogP contribution in [0.5, 0.6) is 0 Å². The Morgan fingerprint density at radius 2 is 1.89 bits per heavy atom. The van der Waals surface area contributed by atoms with Crippen molar-refractivity contribution in [3.05, 3.63) is 28.2 Å². The Morgan fingerprint density at radius 3 is 2.52 bits per heavy atom. The molecule has 7 heteroatoms. The predicted molar refractivity (Wildman–Crippen MR) is 105 cm³/mol. The van der Waals surface area contributed by atoms with E-state index in [0.29, 0.717) is 12.1 Å². The number of halogens is 1. The van der Waals surface area contributed by atoms with Crippen molar-refractivity contribution in [3.8, 4) is 0 Å². The van der Waals surface area contributed by atoms with Crippen LogP contribution in [0.15, 0.2) is 22.7 Å². The van der Waals surface area contributed by atoms with E-state index in [9.17, 15) is 14.4 Å². The highest BCUT2D eigenvalue weighted by Crippen LogP contribution is 2.54. The molecule has 0 aliphatic carbocycles. The highest BCUT2D eigenvalue weighted by molar-refractivity contribution is 9.10. The van der Waals surface area contributed by atoms with Crippen LogP contribution in [-0.2, 0) is 19.9 Å². The van der Waals surface area contributed by atoms with Gasteiger partial charge in [0.05, 0.1) is 11.8 Å². The molecule has 0 saturated carbocycles. The Bertz CT molecular complexity index is 855. The molecule has 27 heavy (non-hydrogen) atoms. The minimum atomic E-state index is -1.20. The molecule has 2 saturated heterocycles. The Balaban J connectivity index is 1.92. The van der Waals surface area contributed by atoms with Crippen LogP contribution in [0.1, 0.15) is 39.7 Å². The van der Waals surface area contributed by atoms with Gasteiger partial charge in [-0.15, -0.1) is 0 Å². The van der Waals surface area contributed by atoms with Crippen molar-refractivity contribution in [1.29, 1.82) is 0 Å². The molecule has 5 atom stereocenters. The Morgan fingerprint density at radius 1 is 1.19 bits per heavy atom. The summed E-state index contributed by atoms with van der Waals surface area (Å²) in [6.07, 6.45) is 0.692. The van der Waals surface area contributed by atoms with E-state index in [1.54, 1.807) is 0 Å². The molecule has 0 unspecified atom stereocenters. The minimum absolute atomic E-state index is 0.106. The van der Waals surface area contributed by atoms with E-state index < -0.39 is 17.4 Å². The van der Waals surface area contributed by atoms with Crippen molar-refractivity contribution < 1.29 is 14.4 Å². The molecule has 3 aliphatic heterocycles. The predicted octanol–water partition coefficient (Wildman–Crippen LogP) is 2.62. The second kappa shape index (κ2) is 6.14. The summed E-state index contributed by atoms with van der Waals surface area (Å²) in [5.41, 5.74) is 0.237. The second-order valence-corrected chi connectivity index (χ2v) is 9.09. The van der Waals surface area contributed by atoms with Gasteiger partial charge in [-0.3, -0.25) is 24.6 Å². The van der Waals surface area contributed by atoms with Gasteiger partial charge in [0, 0.05) is 27.8 Å². The first-order valence-electron chi connectivity index (χ1n) is 9.50. The highest BCUT2D eigenvalue weighted by Gasteiger charge is 2.71. The van der Waals surface area contributed by atoms with E-state index in [1.165, 1.54) is 4.90 Å². The van der Waals surface area contributed by atoms with Gasteiger partial charge >= 0.3 is 0 Å². The Kier molecular flexibility index (Phi) is 4.23. The number of nitrogens with zero attached hydrogens (tertiary/aromatic N) is 1. The average Bonchev–Trinajstić information content (AvgIpc) is 3.20. The number of hydrogen-bond acceptors (Lipinski definition) is 4. The number of likely N-dealkylation sites (tertiary alicyclic amines) is 1. The molecule has 4 rings (SSSR count). The third-order valence-electron chi connectivity index (χ3n) is 6.40. The number of imide groups is 1. The van der Waals surface area contributed by atoms with E-state index in [0.717, 1.165) is 10.0 Å². The molecule has 144 valence electrons. The summed E-state index contributed by atoms with van der Waals surface area (Å²) in [6.45, 7) is 7.89. The third kappa shape index (κ3) is 2.30. The topological polar surface area (TPSA) is 78.5 Å². The molecular weight excluding hydrogens is 410 g/mol. The highest BCUT2D eigenvalue weighted by atomic mass is 79.9. The number of fused-ring (bicyclic) bond motifs is 4. The molecule has 3 amide bonds. The van der Waals surface area contributed by atoms with Crippen molar-refractivity contribution in [3.63, 3.8) is 0 Å². The quantitative estimate of drug-likeness (QED) is 0.718. The van der Waals surface area contributed by atoms with Crippen LogP contribution in [0, 0.1) is 17.8 Å². The first kappa shape index (κ1) is 18.6. The fourth-order valence-corrected chi connectivity index (χ4v) is 5.28. The fraction of sp³-hybridized carbons (Fsp3) is 0.550. The van der Waals surface area contributed by atoms with Gasteiger partial charge in [0.15, 0.2) is 0 Å². The molecule has 0 radical (unpaired) electrons. The average molecular weight is 434 g/mol. The minimum Gasteiger partial charge on any atom is -0.324 e. The van der Waals surface area contributed by atoms with Crippen LogP contribution in [0.25, 0.3) is 0 Å². The smallest absolute Gasteiger partial charge is 0.250 e. The maximum absolute atomic E-state index is 13.4. The molecule has 1 aromatic rings. The zero-order valence-corrected chi connectivity index (χ0v) is 17.5. The maximum Gasteiger partial charge on any atom is 0.250 e. The number of hydrogen-bond donors (Lipinski definition) is 2. The lowest BCUT2D eigenvalue weighted by molar-refractivity contribution is -0.145. The van der Waals surface area contributed by atoms with Gasteiger partial charge in [-0.05, 0) is 37.5 Å². The molecule has 0 aromatic heterocycles. The summed E-state index contributed by atoms with van der Waals surface area (Å²) in [6, 6.07) is 5.16. The van der Waals surface area contributed by atoms with Crippen molar-refractivity contribution in [2.45, 2.75) is 51.7 Å². The number of nitrogens with one attached hydrogen (secondary N) is 2. The van der Waals surface area contributed by atoms with Gasteiger partial charge < -0.3 is 5.32 Å². The maximum atomic E-state index is 13.4. The molecule has 1 aromatic carbocycles. The Hall–Kier alpha value is -1.73. The molecule has 6 nitrogen and oxygen atoms in total. The van der Waals surface area contributed by atoms with Gasteiger partial charge in [-0.2, -0.15) is 0 Å². The third-order valence-corrected chi connectivity index (χ3v) is 6.89. The number of rotatable bonds is 3. The van der Waals surface area contributed by atoms with E-state index in [-0.39, 0.29) is 35.7 Å². The van der Waals surface area contributed by atoms with Crippen molar-refractivity contribution in [2.75, 3.05) is 5.32 Å². The molecule has 0 bridgehead atoms. The molecular formula is C20H24BrN3O3. The standard InChI is InChI=1S/C20H24BrN3O3/c1-5-10(4)24-17(25)14-15(18(24)26)20(23-16(14)9(2)3)12-8-11(21)6-7-13(12)22-19(20)27/h6-10,14-16,23H,5H2,1-4H3,(H,22,27)/t10-,14-,15+,16-,20-/m0/s1. The summed E-state index contributed by atoms with van der Waals surface area (Å²) in [7, 11) is 0.